The molecule has 3 aromatic carbocycles. The first-order valence-electron chi connectivity index (χ1n) is 16.3. The van der Waals surface area contributed by atoms with Gasteiger partial charge in [-0.25, -0.2) is 4.79 Å². The van der Waals surface area contributed by atoms with E-state index in [1.54, 1.807) is 79.3 Å². The number of amides is 3. The van der Waals surface area contributed by atoms with Crippen LogP contribution in [0.25, 0.3) is 0 Å². The molecule has 4 aromatic rings. The third-order valence-electron chi connectivity index (χ3n) is 10.2. The number of aromatic nitrogens is 1. The number of hydrogen-bond donors (Lipinski definition) is 2. The quantitative estimate of drug-likeness (QED) is 0.141. The summed E-state index contributed by atoms with van der Waals surface area (Å²) in [5.74, 6) is -2.86. The molecule has 4 aliphatic rings. The van der Waals surface area contributed by atoms with Crippen LogP contribution < -0.4 is 19.8 Å². The van der Waals surface area contributed by atoms with Gasteiger partial charge in [0.05, 0.1) is 44.8 Å². The van der Waals surface area contributed by atoms with Crippen molar-refractivity contribution in [2.75, 3.05) is 23.4 Å². The number of carbonyl (C=O) groups is 4. The maximum atomic E-state index is 14.2. The number of imide groups is 1. The molecule has 1 aromatic heterocycles. The minimum absolute atomic E-state index is 0.0772. The van der Waals surface area contributed by atoms with Crippen LogP contribution in [-0.2, 0) is 19.1 Å². The zero-order valence-corrected chi connectivity index (χ0v) is 30.6. The van der Waals surface area contributed by atoms with Gasteiger partial charge in [0.2, 0.25) is 11.8 Å². The predicted molar refractivity (Wildman–Crippen MR) is 195 cm³/mol. The van der Waals surface area contributed by atoms with Crippen molar-refractivity contribution in [3.05, 3.63) is 101 Å². The molecule has 2 aliphatic heterocycles. The number of nitrogens with one attached hydrogen (secondary N) is 2. The number of aromatic amines is 1. The molecule has 3 heterocycles. The van der Waals surface area contributed by atoms with E-state index in [0.717, 1.165) is 21.2 Å². The number of nitrogens with zero attached hydrogens (tertiary/aromatic N) is 1. The van der Waals surface area contributed by atoms with Crippen LogP contribution in [0.1, 0.15) is 40.1 Å². The summed E-state index contributed by atoms with van der Waals surface area (Å²) in [5, 5.41) is 4.51. The molecule has 3 fully saturated rings. The fourth-order valence-corrected chi connectivity index (χ4v) is 11.7. The summed E-state index contributed by atoms with van der Waals surface area (Å²) < 4.78 is 11.2. The summed E-state index contributed by atoms with van der Waals surface area (Å²) in [5.41, 5.74) is 1.90. The first-order valence-corrected chi connectivity index (χ1v) is 19.1. The van der Waals surface area contributed by atoms with Crippen molar-refractivity contribution in [1.29, 1.82) is 0 Å². The Morgan fingerprint density at radius 2 is 1.69 bits per heavy atom. The standard InChI is InChI=1S/C36H28Cl3N3O7S2/c1-2-48-35(46)15-3-7-18(8-4-15)42-33(44)28-20-13-21(29(28)34(42)45)30-27(20)26(31-32(50-30)41-36(47)51-31)19-11-16(37)5-10-24(19)49-14-25(43)40-17-6-9-22(38)23(39)12-17/h3-12,20-21,26-30H,2,13-14H2,1H3,(H,40,43)(H,41,47)/t20?,21?,26-,27?,28?,29?,30?/m1/s1. The number of H-pyrrole nitrogens is 1. The van der Waals surface area contributed by atoms with Gasteiger partial charge in [0.25, 0.3) is 5.91 Å². The lowest BCUT2D eigenvalue weighted by Gasteiger charge is -2.43. The third-order valence-corrected chi connectivity index (χ3v) is 13.8. The maximum Gasteiger partial charge on any atom is 0.338 e. The molecule has 2 bridgehead atoms. The molecular formula is C36H28Cl3N3O7S2. The highest BCUT2D eigenvalue weighted by Crippen LogP contribution is 2.69. The molecule has 6 unspecified atom stereocenters. The van der Waals surface area contributed by atoms with Crippen LogP contribution in [0, 0.1) is 29.6 Å². The Bertz CT molecular complexity index is 2170. The summed E-state index contributed by atoms with van der Waals surface area (Å²) >= 11 is 21.4. The van der Waals surface area contributed by atoms with Gasteiger partial charge in [0, 0.05) is 32.3 Å². The van der Waals surface area contributed by atoms with Gasteiger partial charge < -0.3 is 19.8 Å². The first kappa shape index (κ1) is 34.3. The number of hydrogen-bond acceptors (Lipinski definition) is 9. The Balaban J connectivity index is 1.10. The lowest BCUT2D eigenvalue weighted by molar-refractivity contribution is -0.123. The summed E-state index contributed by atoms with van der Waals surface area (Å²) in [6, 6.07) is 16.3. The summed E-state index contributed by atoms with van der Waals surface area (Å²) in [6.45, 7) is 1.63. The number of rotatable bonds is 8. The normalized spacial score (nSPS) is 25.7. The average Bonchev–Trinajstić information content (AvgIpc) is 3.84. The van der Waals surface area contributed by atoms with Crippen LogP contribution in [0.2, 0.25) is 15.1 Å². The Hall–Kier alpha value is -3.81. The Morgan fingerprint density at radius 3 is 2.41 bits per heavy atom. The summed E-state index contributed by atoms with van der Waals surface area (Å²) in [7, 11) is 0. The van der Waals surface area contributed by atoms with Gasteiger partial charge in [-0.2, -0.15) is 0 Å². The minimum Gasteiger partial charge on any atom is -0.483 e. The van der Waals surface area contributed by atoms with Gasteiger partial charge in [0.1, 0.15) is 5.75 Å². The van der Waals surface area contributed by atoms with E-state index in [-0.39, 0.29) is 52.9 Å². The number of thiazole rings is 1. The van der Waals surface area contributed by atoms with Crippen LogP contribution in [0.5, 0.6) is 5.75 Å². The van der Waals surface area contributed by atoms with Crippen LogP contribution in [0.4, 0.5) is 11.4 Å². The van der Waals surface area contributed by atoms with Gasteiger partial charge in [-0.1, -0.05) is 46.1 Å². The molecule has 3 amide bonds. The van der Waals surface area contributed by atoms with Crippen molar-refractivity contribution in [2.45, 2.75) is 29.5 Å². The maximum absolute atomic E-state index is 14.2. The molecule has 15 heteroatoms. The average molecular weight is 785 g/mol. The molecule has 2 aliphatic carbocycles. The van der Waals surface area contributed by atoms with E-state index in [4.69, 9.17) is 44.3 Å². The largest absolute Gasteiger partial charge is 0.483 e. The second kappa shape index (κ2) is 13.3. The third kappa shape index (κ3) is 5.85. The Morgan fingerprint density at radius 1 is 0.941 bits per heavy atom. The highest BCUT2D eigenvalue weighted by molar-refractivity contribution is 8.00. The van der Waals surface area contributed by atoms with Crippen molar-refractivity contribution in [2.24, 2.45) is 29.6 Å². The molecule has 2 N–H and O–H groups in total. The van der Waals surface area contributed by atoms with Crippen LogP contribution >= 0.6 is 57.9 Å². The van der Waals surface area contributed by atoms with E-state index in [1.165, 1.54) is 4.90 Å². The lowest BCUT2D eigenvalue weighted by atomic mass is 9.68. The van der Waals surface area contributed by atoms with Crippen LogP contribution in [0.3, 0.4) is 0 Å². The van der Waals surface area contributed by atoms with E-state index >= 15 is 0 Å². The number of fused-ring (bicyclic) bond motifs is 9. The number of anilines is 2. The van der Waals surface area contributed by atoms with Gasteiger partial charge in [-0.05, 0) is 91.8 Å². The number of esters is 1. The minimum atomic E-state index is -0.547. The highest BCUT2D eigenvalue weighted by Gasteiger charge is 2.70. The SMILES string of the molecule is CCOC(=O)c1ccc(N2C(=O)C3C4CC(C3C2=O)C2C4Sc3[nH]c(=O)sc3[C@@H]2c2cc(Cl)ccc2OCC(=O)Nc2ccc(Cl)c(Cl)c2)cc1. The molecule has 0 spiro atoms. The molecule has 1 saturated heterocycles. The van der Waals surface area contributed by atoms with Crippen LogP contribution in [0.15, 0.2) is 70.5 Å². The lowest BCUT2D eigenvalue weighted by Crippen LogP contribution is -2.42. The molecule has 262 valence electrons. The fourth-order valence-electron chi connectivity index (χ4n) is 8.39. The zero-order valence-electron chi connectivity index (χ0n) is 26.7. The van der Waals surface area contributed by atoms with Crippen molar-refractivity contribution in [3.8, 4) is 5.75 Å². The second-order valence-corrected chi connectivity index (χ2v) is 16.3. The second-order valence-electron chi connectivity index (χ2n) is 12.9. The van der Waals surface area contributed by atoms with Gasteiger partial charge in [-0.3, -0.25) is 24.1 Å². The molecule has 10 nitrogen and oxygen atoms in total. The van der Waals surface area contributed by atoms with Crippen LogP contribution in [-0.4, -0.2) is 47.1 Å². The Kier molecular flexibility index (Phi) is 8.95. The molecule has 7 atom stereocenters. The number of ether oxygens (including phenoxy) is 2. The fraction of sp³-hybridized carbons (Fsp3) is 0.306. The van der Waals surface area contributed by atoms with E-state index in [0.29, 0.717) is 49.7 Å². The topological polar surface area (TPSA) is 135 Å². The zero-order chi connectivity index (χ0) is 35.7. The van der Waals surface area contributed by atoms with E-state index in [9.17, 15) is 24.0 Å². The van der Waals surface area contributed by atoms with Crippen molar-refractivity contribution < 1.29 is 28.7 Å². The molecule has 8 rings (SSSR count). The van der Waals surface area contributed by atoms with Crippen molar-refractivity contribution in [3.63, 3.8) is 0 Å². The van der Waals surface area contributed by atoms with Gasteiger partial charge in [-0.15, -0.1) is 11.8 Å². The summed E-state index contributed by atoms with van der Waals surface area (Å²) in [6.07, 6.45) is 0.684. The van der Waals surface area contributed by atoms with Crippen molar-refractivity contribution in [1.82, 2.24) is 4.98 Å². The van der Waals surface area contributed by atoms with E-state index in [2.05, 4.69) is 10.3 Å². The first-order chi connectivity index (χ1) is 24.5. The van der Waals surface area contributed by atoms with Gasteiger partial charge in [0.15, 0.2) is 6.61 Å². The Labute approximate surface area is 314 Å². The van der Waals surface area contributed by atoms with E-state index in [1.807, 2.05) is 0 Å². The molecular weight excluding hydrogens is 757 g/mol. The number of benzene rings is 3. The van der Waals surface area contributed by atoms with Crippen molar-refractivity contribution >= 4 is 93.0 Å². The van der Waals surface area contributed by atoms with E-state index < -0.39 is 29.6 Å². The molecule has 0 radical (unpaired) electrons. The smallest absolute Gasteiger partial charge is 0.338 e. The monoisotopic (exact) mass is 783 g/mol. The number of thioether (sulfide) groups is 1. The number of halogens is 3. The molecule has 2 saturated carbocycles. The highest BCUT2D eigenvalue weighted by atomic mass is 35.5. The van der Waals surface area contributed by atoms with Gasteiger partial charge >= 0.3 is 10.8 Å². The summed E-state index contributed by atoms with van der Waals surface area (Å²) in [4.78, 5) is 71.1. The predicted octanol–water partition coefficient (Wildman–Crippen LogP) is 7.27. The number of carbonyl (C=O) groups excluding carboxylic acids is 4. The molecule has 51 heavy (non-hydrogen) atoms.